The molecule has 0 bridgehead atoms. The number of carbonyl (C=O) groups excluding carboxylic acids is 3. The van der Waals surface area contributed by atoms with Gasteiger partial charge >= 0.3 is 0 Å². The molecular weight excluding hydrogens is 743 g/mol. The summed E-state index contributed by atoms with van der Waals surface area (Å²) in [5.41, 5.74) is 2.22. The monoisotopic (exact) mass is 792 g/mol. The number of amides is 3. The highest BCUT2D eigenvalue weighted by atomic mass is 19.1. The molecule has 4 aromatic rings. The predicted octanol–water partition coefficient (Wildman–Crippen LogP) is 6.31. The lowest BCUT2D eigenvalue weighted by molar-refractivity contribution is -0.138. The number of carbonyl (C=O) groups is 3. The number of nitrogens with zero attached hydrogens (tertiary/aromatic N) is 5. The van der Waals surface area contributed by atoms with Gasteiger partial charge in [-0.1, -0.05) is 18.2 Å². The van der Waals surface area contributed by atoms with E-state index >= 15 is 4.39 Å². The third-order valence-electron chi connectivity index (χ3n) is 12.4. The van der Waals surface area contributed by atoms with Crippen LogP contribution in [-0.4, -0.2) is 75.4 Å². The first kappa shape index (κ1) is 39.2. The summed E-state index contributed by atoms with van der Waals surface area (Å²) in [5, 5.41) is 8.75. The van der Waals surface area contributed by atoms with E-state index in [2.05, 4.69) is 35.7 Å². The molecule has 3 aliphatic heterocycles. The van der Waals surface area contributed by atoms with E-state index in [4.69, 9.17) is 0 Å². The third-order valence-corrected chi connectivity index (χ3v) is 12.4. The molecule has 14 heteroatoms. The van der Waals surface area contributed by atoms with Crippen LogP contribution in [-0.2, 0) is 14.4 Å². The zero-order valence-electron chi connectivity index (χ0n) is 32.5. The summed E-state index contributed by atoms with van der Waals surface area (Å²) in [6.45, 7) is 3.16. The van der Waals surface area contributed by atoms with Crippen LogP contribution in [0.15, 0.2) is 77.9 Å². The molecular formula is C44H50F2N8O4. The second kappa shape index (κ2) is 17.5. The van der Waals surface area contributed by atoms with Gasteiger partial charge in [0.2, 0.25) is 23.7 Å². The topological polar surface area (TPSA) is 142 Å². The molecule has 3 amide bonds. The third kappa shape index (κ3) is 9.05. The molecule has 3 N–H and O–H groups in total. The first-order valence-corrected chi connectivity index (χ1v) is 20.7. The molecule has 1 saturated carbocycles. The average molecular weight is 793 g/mol. The predicted molar refractivity (Wildman–Crippen MR) is 217 cm³/mol. The van der Waals surface area contributed by atoms with Gasteiger partial charge in [-0.2, -0.15) is 0 Å². The highest BCUT2D eigenvalue weighted by Gasteiger charge is 2.33. The fraction of sp³-hybridized carbons (Fsp3) is 0.455. The Balaban J connectivity index is 0.761. The minimum atomic E-state index is -0.554. The van der Waals surface area contributed by atoms with Gasteiger partial charge in [0.25, 0.3) is 5.56 Å². The molecule has 0 spiro atoms. The number of imide groups is 1. The van der Waals surface area contributed by atoms with Crippen molar-refractivity contribution >= 4 is 35.0 Å². The summed E-state index contributed by atoms with van der Waals surface area (Å²) in [6, 6.07) is 16.5. The number of benzene rings is 2. The van der Waals surface area contributed by atoms with Crippen LogP contribution in [0.1, 0.15) is 70.6 Å². The second-order valence-electron chi connectivity index (χ2n) is 16.3. The number of piperidine rings is 3. The van der Waals surface area contributed by atoms with Crippen molar-refractivity contribution in [2.24, 2.45) is 17.8 Å². The van der Waals surface area contributed by atoms with Gasteiger partial charge in [-0.3, -0.25) is 29.1 Å². The van der Waals surface area contributed by atoms with Gasteiger partial charge in [0.1, 0.15) is 17.6 Å². The number of hydrogen-bond acceptors (Lipinski definition) is 9. The summed E-state index contributed by atoms with van der Waals surface area (Å²) in [7, 11) is 0. The Labute approximate surface area is 336 Å². The Morgan fingerprint density at radius 3 is 2.28 bits per heavy atom. The Bertz CT molecular complexity index is 2190. The molecule has 5 heterocycles. The van der Waals surface area contributed by atoms with Gasteiger partial charge in [0.05, 0.1) is 11.9 Å². The van der Waals surface area contributed by atoms with E-state index in [0.29, 0.717) is 46.8 Å². The zero-order chi connectivity index (χ0) is 40.2. The van der Waals surface area contributed by atoms with Crippen LogP contribution >= 0.6 is 0 Å². The number of nitrogens with one attached hydrogen (secondary N) is 3. The van der Waals surface area contributed by atoms with Crippen molar-refractivity contribution in [2.45, 2.75) is 82.7 Å². The number of pyridine rings is 1. The zero-order valence-corrected chi connectivity index (χ0v) is 32.5. The van der Waals surface area contributed by atoms with Crippen LogP contribution in [0, 0.1) is 29.4 Å². The van der Waals surface area contributed by atoms with Gasteiger partial charge in [-0.05, 0) is 112 Å². The molecule has 4 fully saturated rings. The standard InChI is InChI=1S/C44H50F2N8O4/c45-35-26-33(48-37-12-14-39(55)50-42(37)57)11-13-38(35)52-20-15-28(16-21-52)24-29-17-22-53(23-18-29)43(58)30-7-9-32(10-8-30)49-44-47-27-36(46)41(51-44)31-4-3-5-34(25-31)54-19-2-1-6-40(54)56/h1-6,11,13,19,25-30,32,37,48H,7-10,12,14-18,20-24H2,(H,47,49,51)(H,50,55,57). The van der Waals surface area contributed by atoms with Crippen molar-refractivity contribution in [3.8, 4) is 16.9 Å². The van der Waals surface area contributed by atoms with E-state index < -0.39 is 11.9 Å². The lowest BCUT2D eigenvalue weighted by Crippen LogP contribution is -2.47. The van der Waals surface area contributed by atoms with Crippen LogP contribution in [0.4, 0.5) is 26.1 Å². The SMILES string of the molecule is O=C1CCC(Nc2ccc(N3CCC(CC4CCN(C(=O)C5CCC(Nc6ncc(F)c(-c7cccc(-n8ccccc8=O)c7)n6)CC5)CC4)CC3)c(F)c2)C(=O)N1. The minimum Gasteiger partial charge on any atom is -0.374 e. The number of likely N-dealkylation sites (tertiary alicyclic amines) is 1. The maximum absolute atomic E-state index is 15.2. The van der Waals surface area contributed by atoms with Gasteiger partial charge in [-0.25, -0.2) is 18.7 Å². The largest absolute Gasteiger partial charge is 0.374 e. The maximum atomic E-state index is 15.2. The smallest absolute Gasteiger partial charge is 0.255 e. The molecule has 58 heavy (non-hydrogen) atoms. The van der Waals surface area contributed by atoms with Crippen molar-refractivity contribution in [3.63, 3.8) is 0 Å². The van der Waals surface area contributed by atoms with E-state index in [1.807, 2.05) is 0 Å². The van der Waals surface area contributed by atoms with E-state index in [1.165, 1.54) is 22.9 Å². The first-order valence-electron chi connectivity index (χ1n) is 20.7. The summed E-state index contributed by atoms with van der Waals surface area (Å²) in [4.78, 5) is 62.4. The van der Waals surface area contributed by atoms with Gasteiger partial charge in [0.15, 0.2) is 5.82 Å². The second-order valence-corrected chi connectivity index (χ2v) is 16.3. The molecule has 1 aliphatic carbocycles. The van der Waals surface area contributed by atoms with Crippen molar-refractivity contribution in [1.82, 2.24) is 24.8 Å². The van der Waals surface area contributed by atoms with E-state index in [0.717, 1.165) is 84.0 Å². The lowest BCUT2D eigenvalue weighted by atomic mass is 9.81. The Morgan fingerprint density at radius 1 is 0.793 bits per heavy atom. The Hall–Kier alpha value is -5.66. The summed E-state index contributed by atoms with van der Waals surface area (Å²) < 4.78 is 31.7. The molecule has 8 rings (SSSR count). The van der Waals surface area contributed by atoms with Crippen molar-refractivity contribution in [1.29, 1.82) is 0 Å². The minimum absolute atomic E-state index is 0.00423. The van der Waals surface area contributed by atoms with Gasteiger partial charge < -0.3 is 20.4 Å². The van der Waals surface area contributed by atoms with Crippen molar-refractivity contribution in [2.75, 3.05) is 41.7 Å². The first-order chi connectivity index (χ1) is 28.2. The van der Waals surface area contributed by atoms with Crippen LogP contribution in [0.5, 0.6) is 0 Å². The van der Waals surface area contributed by atoms with Crippen LogP contribution in [0.2, 0.25) is 0 Å². The normalized spacial score (nSPS) is 22.1. The molecule has 3 saturated heterocycles. The van der Waals surface area contributed by atoms with Crippen molar-refractivity contribution in [3.05, 3.63) is 95.0 Å². The summed E-state index contributed by atoms with van der Waals surface area (Å²) in [5.74, 6) is 0.210. The van der Waals surface area contributed by atoms with E-state index in [-0.39, 0.29) is 53.2 Å². The van der Waals surface area contributed by atoms with Crippen LogP contribution < -0.4 is 26.4 Å². The van der Waals surface area contributed by atoms with Gasteiger partial charge in [-0.15, -0.1) is 0 Å². The molecule has 12 nitrogen and oxygen atoms in total. The number of rotatable bonds is 10. The Morgan fingerprint density at radius 2 is 1.55 bits per heavy atom. The van der Waals surface area contributed by atoms with E-state index in [1.54, 1.807) is 54.7 Å². The molecule has 4 aliphatic rings. The van der Waals surface area contributed by atoms with Crippen LogP contribution in [0.25, 0.3) is 16.9 Å². The number of anilines is 3. The summed E-state index contributed by atoms with van der Waals surface area (Å²) >= 11 is 0. The average Bonchev–Trinajstić information content (AvgIpc) is 3.23. The quantitative estimate of drug-likeness (QED) is 0.158. The van der Waals surface area contributed by atoms with Crippen LogP contribution in [0.3, 0.4) is 0 Å². The number of aromatic nitrogens is 3. The number of halogens is 2. The molecule has 2 aromatic heterocycles. The van der Waals surface area contributed by atoms with Crippen molar-refractivity contribution < 1.29 is 23.2 Å². The molecule has 1 unspecified atom stereocenters. The van der Waals surface area contributed by atoms with Gasteiger partial charge in [0, 0.05) is 73.8 Å². The molecule has 0 radical (unpaired) electrons. The molecule has 1 atom stereocenters. The summed E-state index contributed by atoms with van der Waals surface area (Å²) in [6.07, 6.45) is 11.8. The highest BCUT2D eigenvalue weighted by molar-refractivity contribution is 6.01. The maximum Gasteiger partial charge on any atom is 0.255 e. The fourth-order valence-corrected chi connectivity index (χ4v) is 9.16. The lowest BCUT2D eigenvalue weighted by Gasteiger charge is -2.39. The number of hydrogen-bond donors (Lipinski definition) is 3. The molecule has 2 aromatic carbocycles. The highest BCUT2D eigenvalue weighted by Crippen LogP contribution is 2.35. The fourth-order valence-electron chi connectivity index (χ4n) is 9.16. The van der Waals surface area contributed by atoms with E-state index in [9.17, 15) is 23.6 Å². The molecule has 304 valence electrons. The Kier molecular flexibility index (Phi) is 11.8.